The Morgan fingerprint density at radius 1 is 1.20 bits per heavy atom. The third kappa shape index (κ3) is 4.15. The zero-order valence-electron chi connectivity index (χ0n) is 17.3. The molecule has 3 atom stereocenters. The van der Waals surface area contributed by atoms with Gasteiger partial charge in [0.25, 0.3) is 5.91 Å². The van der Waals surface area contributed by atoms with E-state index in [1.54, 1.807) is 11.8 Å². The lowest BCUT2D eigenvalue weighted by atomic mass is 10.0. The van der Waals surface area contributed by atoms with E-state index in [9.17, 15) is 27.6 Å². The van der Waals surface area contributed by atoms with Gasteiger partial charge >= 0.3 is 6.18 Å². The molecule has 2 fully saturated rings. The maximum absolute atomic E-state index is 13.1. The third-order valence-electron chi connectivity index (χ3n) is 5.95. The molecule has 1 aromatic carbocycles. The number of nitrogens with zero attached hydrogens (tertiary/aromatic N) is 3. The number of piperazine rings is 1. The summed E-state index contributed by atoms with van der Waals surface area (Å²) in [5.74, 6) is -0.522. The summed E-state index contributed by atoms with van der Waals surface area (Å²) < 4.78 is 38.5. The molecule has 0 aromatic heterocycles. The van der Waals surface area contributed by atoms with Crippen molar-refractivity contribution in [3.63, 3.8) is 0 Å². The second kappa shape index (κ2) is 8.28. The minimum absolute atomic E-state index is 0.0753. The van der Waals surface area contributed by atoms with E-state index in [0.717, 1.165) is 30.7 Å². The van der Waals surface area contributed by atoms with Crippen molar-refractivity contribution in [2.75, 3.05) is 19.6 Å². The van der Waals surface area contributed by atoms with E-state index in [4.69, 9.17) is 0 Å². The number of hydrogen-bond acceptors (Lipinski definition) is 3. The first kappa shape index (κ1) is 22.1. The molecule has 1 aromatic rings. The van der Waals surface area contributed by atoms with Crippen molar-refractivity contribution in [1.82, 2.24) is 14.7 Å². The Kier molecular flexibility index (Phi) is 6.10. The van der Waals surface area contributed by atoms with E-state index in [2.05, 4.69) is 0 Å². The number of benzene rings is 1. The average molecular weight is 425 g/mol. The smallest absolute Gasteiger partial charge is 0.337 e. The number of carbonyl (C=O) groups excluding carboxylic acids is 3. The van der Waals surface area contributed by atoms with Gasteiger partial charge in [-0.25, -0.2) is 0 Å². The van der Waals surface area contributed by atoms with E-state index < -0.39 is 29.9 Å². The summed E-state index contributed by atoms with van der Waals surface area (Å²) in [6.45, 7) is 6.60. The first-order valence-corrected chi connectivity index (χ1v) is 10.1. The minimum Gasteiger partial charge on any atom is -0.337 e. The van der Waals surface area contributed by atoms with Crippen LogP contribution in [0.2, 0.25) is 0 Å². The summed E-state index contributed by atoms with van der Waals surface area (Å²) in [5, 5.41) is 0. The number of fused-ring (bicyclic) bond motifs is 1. The lowest BCUT2D eigenvalue weighted by Gasteiger charge is -2.51. The standard InChI is InChI=1S/C21H26F3N3O3/c1-4-13(2)11-25-12-17-26(10-9-18(28)27(17)14(3)19(25)29)20(30)15-5-7-16(8-6-15)21(22,23)24/h5-8,13-14,17H,4,9-12H2,1-3H3/t13?,14-,17?/m1/s1. The third-order valence-corrected chi connectivity index (χ3v) is 5.95. The summed E-state index contributed by atoms with van der Waals surface area (Å²) >= 11 is 0. The molecule has 0 N–H and O–H groups in total. The topological polar surface area (TPSA) is 60.9 Å². The van der Waals surface area contributed by atoms with Crippen LogP contribution in [-0.2, 0) is 15.8 Å². The van der Waals surface area contributed by atoms with Crippen molar-refractivity contribution < 1.29 is 27.6 Å². The molecular formula is C21H26F3N3O3. The van der Waals surface area contributed by atoms with Gasteiger partial charge in [0, 0.05) is 25.1 Å². The van der Waals surface area contributed by atoms with Crippen molar-refractivity contribution in [3.05, 3.63) is 35.4 Å². The predicted octanol–water partition coefficient (Wildman–Crippen LogP) is 2.98. The molecule has 2 aliphatic heterocycles. The molecule has 2 heterocycles. The Balaban J connectivity index is 1.86. The van der Waals surface area contributed by atoms with Crippen LogP contribution in [0.1, 0.15) is 49.5 Å². The first-order chi connectivity index (χ1) is 14.0. The monoisotopic (exact) mass is 425 g/mol. The summed E-state index contributed by atoms with van der Waals surface area (Å²) in [6.07, 6.45) is -4.14. The molecule has 3 amide bonds. The Labute approximate surface area is 173 Å². The second-order valence-corrected chi connectivity index (χ2v) is 8.04. The van der Waals surface area contributed by atoms with Gasteiger partial charge in [-0.15, -0.1) is 0 Å². The number of hydrogen-bond donors (Lipinski definition) is 0. The van der Waals surface area contributed by atoms with Gasteiger partial charge in [-0.1, -0.05) is 20.3 Å². The van der Waals surface area contributed by atoms with Crippen LogP contribution in [0.15, 0.2) is 24.3 Å². The SMILES string of the molecule is CCC(C)CN1CC2N(C(=O)c3ccc(C(F)(F)F)cc3)CCC(=O)N2[C@H](C)C1=O. The van der Waals surface area contributed by atoms with E-state index in [1.807, 2.05) is 13.8 Å². The maximum atomic E-state index is 13.1. The van der Waals surface area contributed by atoms with Crippen LogP contribution in [0, 0.1) is 5.92 Å². The summed E-state index contributed by atoms with van der Waals surface area (Å²) in [5.41, 5.74) is -0.707. The van der Waals surface area contributed by atoms with Gasteiger partial charge < -0.3 is 14.7 Å². The molecule has 0 radical (unpaired) electrons. The molecule has 0 aliphatic carbocycles. The second-order valence-electron chi connectivity index (χ2n) is 8.04. The highest BCUT2D eigenvalue weighted by Crippen LogP contribution is 2.30. The van der Waals surface area contributed by atoms with Gasteiger partial charge in [-0.3, -0.25) is 14.4 Å². The molecule has 0 spiro atoms. The Morgan fingerprint density at radius 3 is 2.40 bits per heavy atom. The summed E-state index contributed by atoms with van der Waals surface area (Å²) in [4.78, 5) is 43.0. The van der Waals surface area contributed by atoms with E-state index in [-0.39, 0.29) is 42.8 Å². The van der Waals surface area contributed by atoms with Crippen LogP contribution in [-0.4, -0.2) is 64.3 Å². The maximum Gasteiger partial charge on any atom is 0.416 e. The van der Waals surface area contributed by atoms with Gasteiger partial charge in [-0.2, -0.15) is 13.2 Å². The van der Waals surface area contributed by atoms with Crippen molar-refractivity contribution in [2.24, 2.45) is 5.92 Å². The summed E-state index contributed by atoms with van der Waals surface area (Å²) in [7, 11) is 0. The number of amides is 3. The molecular weight excluding hydrogens is 399 g/mol. The Hall–Kier alpha value is -2.58. The zero-order valence-corrected chi connectivity index (χ0v) is 17.3. The van der Waals surface area contributed by atoms with Crippen LogP contribution in [0.3, 0.4) is 0 Å². The summed E-state index contributed by atoms with van der Waals surface area (Å²) in [6, 6.07) is 3.37. The highest BCUT2D eigenvalue weighted by atomic mass is 19.4. The Bertz CT molecular complexity index is 825. The lowest BCUT2D eigenvalue weighted by Crippen LogP contribution is -2.70. The fourth-order valence-corrected chi connectivity index (χ4v) is 4.02. The highest BCUT2D eigenvalue weighted by Gasteiger charge is 2.47. The molecule has 2 aliphatic rings. The van der Waals surface area contributed by atoms with Crippen LogP contribution in [0.25, 0.3) is 0 Å². The van der Waals surface area contributed by atoms with E-state index >= 15 is 0 Å². The quantitative estimate of drug-likeness (QED) is 0.745. The van der Waals surface area contributed by atoms with Crippen molar-refractivity contribution in [2.45, 2.75) is 52.0 Å². The molecule has 6 nitrogen and oxygen atoms in total. The molecule has 0 saturated carbocycles. The molecule has 9 heteroatoms. The van der Waals surface area contributed by atoms with Crippen molar-refractivity contribution in [1.29, 1.82) is 0 Å². The number of carbonyl (C=O) groups is 3. The molecule has 3 rings (SSSR count). The predicted molar refractivity (Wildman–Crippen MR) is 103 cm³/mol. The van der Waals surface area contributed by atoms with E-state index in [1.165, 1.54) is 9.80 Å². The van der Waals surface area contributed by atoms with Gasteiger partial charge in [0.05, 0.1) is 12.1 Å². The normalized spacial score (nSPS) is 23.5. The molecule has 0 bridgehead atoms. The lowest BCUT2D eigenvalue weighted by molar-refractivity contribution is -0.166. The zero-order chi connectivity index (χ0) is 22.2. The number of rotatable bonds is 4. The van der Waals surface area contributed by atoms with Crippen molar-refractivity contribution >= 4 is 17.7 Å². The number of alkyl halides is 3. The van der Waals surface area contributed by atoms with Crippen LogP contribution < -0.4 is 0 Å². The molecule has 2 unspecified atom stereocenters. The van der Waals surface area contributed by atoms with Crippen LogP contribution in [0.4, 0.5) is 13.2 Å². The average Bonchev–Trinajstić information content (AvgIpc) is 2.70. The highest BCUT2D eigenvalue weighted by molar-refractivity contribution is 5.97. The van der Waals surface area contributed by atoms with Gasteiger partial charge in [0.1, 0.15) is 12.2 Å². The Morgan fingerprint density at radius 2 is 1.83 bits per heavy atom. The van der Waals surface area contributed by atoms with Crippen molar-refractivity contribution in [3.8, 4) is 0 Å². The first-order valence-electron chi connectivity index (χ1n) is 10.1. The van der Waals surface area contributed by atoms with Gasteiger partial charge in [-0.05, 0) is 37.1 Å². The van der Waals surface area contributed by atoms with Gasteiger partial charge in [0.2, 0.25) is 11.8 Å². The van der Waals surface area contributed by atoms with Gasteiger partial charge in [0.15, 0.2) is 0 Å². The van der Waals surface area contributed by atoms with E-state index in [0.29, 0.717) is 6.54 Å². The van der Waals surface area contributed by atoms with Crippen LogP contribution in [0.5, 0.6) is 0 Å². The minimum atomic E-state index is -4.48. The van der Waals surface area contributed by atoms with Crippen LogP contribution >= 0.6 is 0 Å². The molecule has 2 saturated heterocycles. The largest absolute Gasteiger partial charge is 0.416 e. The molecule has 30 heavy (non-hydrogen) atoms. The fourth-order valence-electron chi connectivity index (χ4n) is 4.02. The number of halogens is 3. The molecule has 164 valence electrons. The fraction of sp³-hybridized carbons (Fsp3) is 0.571.